The van der Waals surface area contributed by atoms with Gasteiger partial charge in [-0.05, 0) is 175 Å². The number of nitrogens with two attached hydrogens (primary N) is 4. The van der Waals surface area contributed by atoms with Crippen LogP contribution in [0.5, 0.6) is 57.5 Å². The summed E-state index contributed by atoms with van der Waals surface area (Å²) in [5.41, 5.74) is 23.9. The van der Waals surface area contributed by atoms with Crippen molar-refractivity contribution in [2.24, 2.45) is 11.5 Å². The molecule has 0 aliphatic carbocycles. The molecule has 23 rings (SSSR count). The summed E-state index contributed by atoms with van der Waals surface area (Å²) >= 11 is 21.7. The Morgan fingerprint density at radius 3 is 1.24 bits per heavy atom. The van der Waals surface area contributed by atoms with E-state index in [2.05, 4.69) is 118 Å². The Balaban J connectivity index is 0.000000152. The summed E-state index contributed by atoms with van der Waals surface area (Å²) in [6, 6.07) is 26.7. The van der Waals surface area contributed by atoms with E-state index >= 15 is 0 Å². The van der Waals surface area contributed by atoms with Gasteiger partial charge in [0.05, 0.1) is 58.2 Å². The number of nitro groups is 3. The molecular weight excluding hydrogens is 2050 g/mol. The van der Waals surface area contributed by atoms with Crippen LogP contribution in [0.25, 0.3) is 53.4 Å². The number of thiophene rings is 3. The van der Waals surface area contributed by atoms with Crippen LogP contribution in [-0.4, -0.2) is 173 Å². The Morgan fingerprint density at radius 1 is 0.462 bits per heavy atom. The van der Waals surface area contributed by atoms with E-state index in [0.29, 0.717) is 86.3 Å². The number of nitrogens with one attached hydrogen (secondary N) is 3. The number of anilines is 7. The summed E-state index contributed by atoms with van der Waals surface area (Å²) in [7, 11) is 1.00. The van der Waals surface area contributed by atoms with Gasteiger partial charge in [-0.1, -0.05) is 26.5 Å². The minimum atomic E-state index is -3.69. The van der Waals surface area contributed by atoms with E-state index < -0.39 is 64.1 Å². The van der Waals surface area contributed by atoms with Crippen molar-refractivity contribution in [2.75, 3.05) is 47.2 Å². The number of nitrogens with zero attached hydrogens (tertiary/aromatic N) is 20. The van der Waals surface area contributed by atoms with Crippen molar-refractivity contribution < 1.29 is 122 Å². The molecule has 7 aliphatic heterocycles. The molecule has 0 unspecified atom stereocenters. The second-order valence-electron chi connectivity index (χ2n) is 28.6. The lowest BCUT2D eigenvalue weighted by Crippen LogP contribution is -2.41. The molecule has 0 saturated carbocycles. The van der Waals surface area contributed by atoms with Crippen LogP contribution in [0.2, 0.25) is 15.7 Å². The van der Waals surface area contributed by atoms with Crippen molar-refractivity contribution in [2.45, 2.75) is 84.1 Å². The highest BCUT2D eigenvalue weighted by Crippen LogP contribution is 2.48. The van der Waals surface area contributed by atoms with Crippen molar-refractivity contribution in [3.8, 4) is 80.2 Å². The lowest BCUT2D eigenvalue weighted by molar-refractivity contribution is -0.542. The summed E-state index contributed by atoms with van der Waals surface area (Å²) in [6.07, 6.45) is -1.37. The summed E-state index contributed by atoms with van der Waals surface area (Å²) in [5.74, 6) is 0.903. The zero-order chi connectivity index (χ0) is 101. The van der Waals surface area contributed by atoms with Gasteiger partial charge in [-0.2, -0.15) is 9.97 Å². The van der Waals surface area contributed by atoms with Gasteiger partial charge in [0.2, 0.25) is 34.7 Å². The quantitative estimate of drug-likeness (QED) is 0.0125. The number of halogens is 13. The number of aliphatic hydroxyl groups excluding tert-OH is 1. The molecule has 2 saturated heterocycles. The van der Waals surface area contributed by atoms with Crippen LogP contribution in [0.4, 0.5) is 96.3 Å². The third kappa shape index (κ3) is 25.4. The number of ether oxygens (including phenoxy) is 10. The fraction of sp³-hybridized carbons (Fsp3) is 0.198. The number of aromatic nitrogens is 16. The van der Waals surface area contributed by atoms with Gasteiger partial charge in [0.25, 0.3) is 6.33 Å². The molecule has 7 aliphatic rings. The first-order valence-corrected chi connectivity index (χ1v) is 43.3. The van der Waals surface area contributed by atoms with Crippen LogP contribution in [-0.2, 0) is 9.59 Å². The number of rotatable bonds is 14. The SMILES string of the molecule is C.C.CO.Clc1nc(Cl)c2ccsc2n1.FC1(F)Oc2ccc(-n3cnc(Nc4nc(Cl)nc5sccc45)c3)cc2O1.NC(=O)[C@@H]1CCCN1.NC(=O)[C@@H]1CCCN1c1nc(Nc2cn(-c3ccc4c(c3)OC(F)(F)O4)cn2)c2ccsc2n1.Nc1ccc2c(c1)OC(F)(F)O2.Nc1cn(-c2ccc3c(c2)OC(F)(F)O3)cn1.O=[N+]([O-])c1cn(-c2ccc3c(c2)OC(F)(F)O3)cn1.O=[N+]([O-])c1cn([N+](=O)[O-])cn1.[HH]. The number of aliphatic hydroxyl groups is 1. The van der Waals surface area contributed by atoms with Gasteiger partial charge in [0, 0.05) is 56.5 Å². The minimum Gasteiger partial charge on any atom is -0.400 e. The van der Waals surface area contributed by atoms with Crippen LogP contribution < -0.4 is 91.2 Å². The van der Waals surface area contributed by atoms with Crippen molar-refractivity contribution in [3.05, 3.63) is 234 Å². The zero-order valence-corrected chi connectivity index (χ0v) is 75.2. The number of primary amides is 2. The first-order valence-electron chi connectivity index (χ1n) is 39.5. The molecule has 143 heavy (non-hydrogen) atoms. The van der Waals surface area contributed by atoms with Crippen molar-refractivity contribution in [1.29, 1.82) is 0 Å². The standard InChI is InChI=1S/C21H17F2N7O3S.C16H8ClF2N5O2S.C10H5F2N3O4.C10H7F2N3O2.C7H5F2NO2.C6H2Cl2N2S.C5H10N2O.C3H2N4O4.CH4O.2CH4.H2/c22-21(23)32-14-4-3-11(8-15(14)33-21)29-9-16(25-10-29)26-18-12-5-7-34-19(12)28-20(27-18)30-6-1-2-13(30)17(24)31;17-15-22-13(9-3-4-27-14(9)23-15)21-12-6-24(7-20-12)8-1-2-10-11(5-8)26-16(18,19)25-10;11-10(12)18-7-2-1-6(3-8(7)19-10)14-4-9(13-5-14)15(16)17;11-10(12)16-7-2-1-6(3-8(7)17-10)15-4-9(13)14-5-15;8-7(9)11-5-2-1-4(10)3-6(5)12-7;7-4-3-1-2-11-5(3)10-6(8)9-4;6-5(8)4-2-1-3-7-4;8-6(9)3-1-5(2-4-3)7(10)11;1-2;;;/h3-5,7-10,13H,1-2,6H2,(H2,24,31)(H,26,27,28);1-7H,(H,21,22,23);1-5H;1-5H,13H2;1-3H,10H2;1-2H;4,7H,1-3H2,(H2,6,8);1-2H;2H,1H3;2*1H4;1H/t13-;;;;;;4-;;;;;/m0.....0...../s1. The largest absolute Gasteiger partial charge is 0.586 e. The number of carbonyl (C=O) groups is 2. The number of hydrogen-bond acceptors (Lipinski definition) is 39. The van der Waals surface area contributed by atoms with E-state index in [1.54, 1.807) is 50.5 Å². The molecule has 62 heteroatoms. The zero-order valence-electron chi connectivity index (χ0n) is 70.5. The minimum absolute atomic E-state index is 0. The molecule has 12 N–H and O–H groups in total. The first kappa shape index (κ1) is 104. The maximum atomic E-state index is 13.3. The maximum Gasteiger partial charge on any atom is 0.586 e. The summed E-state index contributed by atoms with van der Waals surface area (Å²) < 4.78 is 179. The van der Waals surface area contributed by atoms with Gasteiger partial charge in [0.15, 0.2) is 68.7 Å². The third-order valence-corrected chi connectivity index (χ3v) is 22.3. The van der Waals surface area contributed by atoms with E-state index in [1.165, 1.54) is 137 Å². The number of hydrogen-bond donors (Lipinski definition) is 8. The average molecular weight is 2120 g/mol. The third-order valence-electron chi connectivity index (χ3n) is 19.2. The number of alkyl halides is 10. The number of nitrogen functional groups attached to an aromatic ring is 2. The molecule has 2 amide bonds. The molecule has 0 spiro atoms. The molecule has 16 aromatic rings. The van der Waals surface area contributed by atoms with E-state index in [9.17, 15) is 83.8 Å². The Morgan fingerprint density at radius 2 is 0.846 bits per heavy atom. The van der Waals surface area contributed by atoms with Crippen LogP contribution in [0.3, 0.4) is 0 Å². The maximum absolute atomic E-state index is 13.3. The highest BCUT2D eigenvalue weighted by molar-refractivity contribution is 7.17. The smallest absolute Gasteiger partial charge is 0.400 e. The van der Waals surface area contributed by atoms with Gasteiger partial charge in [-0.3, -0.25) is 14.2 Å². The van der Waals surface area contributed by atoms with Crippen molar-refractivity contribution in [1.82, 2.24) is 83.1 Å². The van der Waals surface area contributed by atoms with Crippen molar-refractivity contribution >= 4 is 164 Å². The lowest BCUT2D eigenvalue weighted by atomic mass is 10.2. The number of fused-ring (bicyclic) bond motifs is 8. The van der Waals surface area contributed by atoms with Crippen LogP contribution in [0.15, 0.2) is 188 Å². The highest BCUT2D eigenvalue weighted by Gasteiger charge is 2.48. The number of amides is 2. The molecule has 5 aromatic carbocycles. The lowest BCUT2D eigenvalue weighted by Gasteiger charge is -2.22. The number of imidazole rings is 5. The topological polar surface area (TPSA) is 586 Å². The highest BCUT2D eigenvalue weighted by atomic mass is 35.5. The molecule has 2 fully saturated rings. The van der Waals surface area contributed by atoms with E-state index in [1.807, 2.05) is 39.2 Å². The van der Waals surface area contributed by atoms with E-state index in [-0.39, 0.29) is 102 Å². The Labute approximate surface area is 821 Å². The van der Waals surface area contributed by atoms with Gasteiger partial charge < -0.3 is 130 Å². The Kier molecular flexibility index (Phi) is 31.3. The van der Waals surface area contributed by atoms with Crippen molar-refractivity contribution in [3.63, 3.8) is 0 Å². The normalized spacial score (nSPS) is 15.8. The molecular formula is C81H70Cl3F10N27O19S3. The van der Waals surface area contributed by atoms with Gasteiger partial charge in [-0.25, -0.2) is 45.0 Å². The van der Waals surface area contributed by atoms with Crippen LogP contribution in [0, 0.1) is 30.3 Å². The summed E-state index contributed by atoms with van der Waals surface area (Å²) in [4.78, 5) is 99.9. The second kappa shape index (κ2) is 43.1. The second-order valence-corrected chi connectivity index (χ2v) is 32.3. The molecule has 11 aromatic heterocycles. The molecule has 0 bridgehead atoms. The molecule has 46 nitrogen and oxygen atoms in total. The van der Waals surface area contributed by atoms with Gasteiger partial charge in [0.1, 0.15) is 80.0 Å². The van der Waals surface area contributed by atoms with Crippen LogP contribution in [0.1, 0.15) is 42.0 Å². The van der Waals surface area contributed by atoms with E-state index in [4.69, 9.17) is 62.8 Å². The molecule has 2 atom stereocenters. The fourth-order valence-electron chi connectivity index (χ4n) is 13.2. The fourth-order valence-corrected chi connectivity index (χ4v) is 16.2. The molecule has 752 valence electrons. The predicted molar refractivity (Wildman–Crippen MR) is 496 cm³/mol. The Bertz CT molecular complexity index is 7340. The summed E-state index contributed by atoms with van der Waals surface area (Å²) in [5, 5.41) is 54.8. The van der Waals surface area contributed by atoms with E-state index in [0.717, 1.165) is 82.3 Å². The predicted octanol–water partition coefficient (Wildman–Crippen LogP) is 16.6. The summed E-state index contributed by atoms with van der Waals surface area (Å²) in [6.45, 7) is 1.58. The molecule has 18 heterocycles. The number of benzene rings is 5. The monoisotopic (exact) mass is 2120 g/mol. The average Bonchev–Trinajstić information content (AvgIpc) is 1.70. The van der Waals surface area contributed by atoms with Crippen LogP contribution >= 0.6 is 68.8 Å². The van der Waals surface area contributed by atoms with Gasteiger partial charge >= 0.3 is 43.1 Å². The van der Waals surface area contributed by atoms with Gasteiger partial charge in [-0.15, -0.1) is 77.9 Å². The Hall–Kier alpha value is -16.5. The molecule has 0 radical (unpaired) electrons. The first-order chi connectivity index (χ1) is 67.1. The number of carbonyl (C=O) groups excluding carboxylic acids is 2.